The fourth-order valence-electron chi connectivity index (χ4n) is 1.11. The van der Waals surface area contributed by atoms with Crippen LogP contribution in [0.1, 0.15) is 18.5 Å². The molecule has 0 saturated heterocycles. The van der Waals surface area contributed by atoms with E-state index in [4.69, 9.17) is 18.0 Å². The van der Waals surface area contributed by atoms with E-state index in [1.165, 1.54) is 6.07 Å². The molecule has 0 fully saturated rings. The Balaban J connectivity index is 2.76. The largest absolute Gasteiger partial charge is 0.300 e. The Bertz CT molecular complexity index is 357. The van der Waals surface area contributed by atoms with E-state index in [1.54, 1.807) is 12.1 Å². The Hall–Kier alpha value is -1.04. The van der Waals surface area contributed by atoms with E-state index in [0.29, 0.717) is 6.54 Å². The number of nitrogens with one attached hydrogen (secondary N) is 1. The highest BCUT2D eigenvalue weighted by Gasteiger charge is 2.06. The average molecular weight is 212 g/mol. The monoisotopic (exact) mass is 211 g/mol. The minimum atomic E-state index is -0.403. The molecule has 0 aliphatic rings. The van der Waals surface area contributed by atoms with Gasteiger partial charge in [-0.25, -0.2) is 4.39 Å². The smallest absolute Gasteiger partial charge is 0.141 e. The minimum Gasteiger partial charge on any atom is -0.300 e. The standard InChI is InChI=1S/C11H11ClFN/c1-3-6-14-8(2)9-4-5-11(13)10(12)7-9/h1,4-5,7-8,14H,6H2,2H3. The van der Waals surface area contributed by atoms with Crippen LogP contribution in [0.15, 0.2) is 18.2 Å². The quantitative estimate of drug-likeness (QED) is 0.759. The third kappa shape index (κ3) is 2.73. The maximum absolute atomic E-state index is 12.8. The van der Waals surface area contributed by atoms with Gasteiger partial charge < -0.3 is 0 Å². The van der Waals surface area contributed by atoms with Crippen LogP contribution >= 0.6 is 11.6 Å². The van der Waals surface area contributed by atoms with Gasteiger partial charge in [0.15, 0.2) is 0 Å². The van der Waals surface area contributed by atoms with E-state index in [2.05, 4.69) is 11.2 Å². The molecular weight excluding hydrogens is 201 g/mol. The topological polar surface area (TPSA) is 12.0 Å². The van der Waals surface area contributed by atoms with Gasteiger partial charge in [0.25, 0.3) is 0 Å². The van der Waals surface area contributed by atoms with Crippen molar-refractivity contribution in [3.63, 3.8) is 0 Å². The normalized spacial score (nSPS) is 12.1. The molecule has 0 heterocycles. The molecule has 0 bridgehead atoms. The van der Waals surface area contributed by atoms with Crippen LogP contribution in [0.3, 0.4) is 0 Å². The molecule has 0 radical (unpaired) electrons. The lowest BCUT2D eigenvalue weighted by molar-refractivity contribution is 0.609. The summed E-state index contributed by atoms with van der Waals surface area (Å²) < 4.78 is 12.8. The number of halogens is 2. The van der Waals surface area contributed by atoms with E-state index in [0.717, 1.165) is 5.56 Å². The molecule has 0 spiro atoms. The van der Waals surface area contributed by atoms with Gasteiger partial charge in [0.1, 0.15) is 5.82 Å². The first-order chi connectivity index (χ1) is 6.65. The van der Waals surface area contributed by atoms with E-state index < -0.39 is 5.82 Å². The van der Waals surface area contributed by atoms with Crippen molar-refractivity contribution >= 4 is 11.6 Å². The second-order valence-electron chi connectivity index (χ2n) is 2.98. The zero-order valence-corrected chi connectivity index (χ0v) is 8.61. The van der Waals surface area contributed by atoms with Gasteiger partial charge in [-0.2, -0.15) is 0 Å². The number of benzene rings is 1. The Morgan fingerprint density at radius 3 is 2.93 bits per heavy atom. The van der Waals surface area contributed by atoms with Crippen LogP contribution in [-0.2, 0) is 0 Å². The lowest BCUT2D eigenvalue weighted by atomic mass is 10.1. The van der Waals surface area contributed by atoms with Crippen LogP contribution in [0.2, 0.25) is 5.02 Å². The zero-order chi connectivity index (χ0) is 10.6. The zero-order valence-electron chi connectivity index (χ0n) is 7.85. The number of terminal acetylenes is 1. The van der Waals surface area contributed by atoms with Crippen molar-refractivity contribution < 1.29 is 4.39 Å². The van der Waals surface area contributed by atoms with Gasteiger partial charge in [0.05, 0.1) is 11.6 Å². The molecule has 1 N–H and O–H groups in total. The molecule has 1 atom stereocenters. The molecule has 0 aliphatic heterocycles. The molecule has 1 aromatic carbocycles. The highest BCUT2D eigenvalue weighted by molar-refractivity contribution is 6.30. The molecule has 0 saturated carbocycles. The van der Waals surface area contributed by atoms with Crippen LogP contribution in [-0.4, -0.2) is 6.54 Å². The van der Waals surface area contributed by atoms with Crippen LogP contribution in [0.25, 0.3) is 0 Å². The van der Waals surface area contributed by atoms with Crippen molar-refractivity contribution in [2.45, 2.75) is 13.0 Å². The van der Waals surface area contributed by atoms with Gasteiger partial charge in [-0.05, 0) is 24.6 Å². The summed E-state index contributed by atoms with van der Waals surface area (Å²) in [5.74, 6) is 2.07. The Morgan fingerprint density at radius 2 is 2.36 bits per heavy atom. The van der Waals surface area contributed by atoms with Crippen LogP contribution in [0, 0.1) is 18.2 Å². The second kappa shape index (κ2) is 4.99. The van der Waals surface area contributed by atoms with E-state index in [1.807, 2.05) is 6.92 Å². The lowest BCUT2D eigenvalue weighted by Gasteiger charge is -2.12. The van der Waals surface area contributed by atoms with Crippen molar-refractivity contribution in [2.24, 2.45) is 0 Å². The summed E-state index contributed by atoms with van der Waals surface area (Å²) in [4.78, 5) is 0. The molecule has 1 nitrogen and oxygen atoms in total. The van der Waals surface area contributed by atoms with Crippen molar-refractivity contribution in [1.82, 2.24) is 5.32 Å². The van der Waals surface area contributed by atoms with Crippen LogP contribution < -0.4 is 5.32 Å². The summed E-state index contributed by atoms with van der Waals surface area (Å²) in [7, 11) is 0. The summed E-state index contributed by atoms with van der Waals surface area (Å²) >= 11 is 5.65. The lowest BCUT2D eigenvalue weighted by Crippen LogP contribution is -2.18. The van der Waals surface area contributed by atoms with Crippen LogP contribution in [0.4, 0.5) is 4.39 Å². The number of hydrogen-bond acceptors (Lipinski definition) is 1. The van der Waals surface area contributed by atoms with Crippen molar-refractivity contribution in [3.8, 4) is 12.3 Å². The average Bonchev–Trinajstić information content (AvgIpc) is 2.18. The van der Waals surface area contributed by atoms with Gasteiger partial charge in [-0.1, -0.05) is 23.6 Å². The highest BCUT2D eigenvalue weighted by Crippen LogP contribution is 2.20. The summed E-state index contributed by atoms with van der Waals surface area (Å²) in [5.41, 5.74) is 0.923. The number of hydrogen-bond donors (Lipinski definition) is 1. The molecule has 0 aromatic heterocycles. The predicted molar refractivity (Wildman–Crippen MR) is 56.7 cm³/mol. The fraction of sp³-hybridized carbons (Fsp3) is 0.273. The van der Waals surface area contributed by atoms with Gasteiger partial charge >= 0.3 is 0 Å². The van der Waals surface area contributed by atoms with Crippen molar-refractivity contribution in [2.75, 3.05) is 6.54 Å². The number of rotatable bonds is 3. The molecule has 1 unspecified atom stereocenters. The predicted octanol–water partition coefficient (Wildman–Crippen LogP) is 2.76. The second-order valence-corrected chi connectivity index (χ2v) is 3.39. The third-order valence-electron chi connectivity index (χ3n) is 1.95. The SMILES string of the molecule is C#CCNC(C)c1ccc(F)c(Cl)c1. The minimum absolute atomic E-state index is 0.0733. The molecule has 1 aromatic rings. The molecule has 0 amide bonds. The summed E-state index contributed by atoms with van der Waals surface area (Å²) in [6.45, 7) is 2.43. The Kier molecular flexibility index (Phi) is 3.94. The van der Waals surface area contributed by atoms with E-state index in [9.17, 15) is 4.39 Å². The fourth-order valence-corrected chi connectivity index (χ4v) is 1.30. The van der Waals surface area contributed by atoms with Crippen molar-refractivity contribution in [3.05, 3.63) is 34.6 Å². The maximum atomic E-state index is 12.8. The Labute approximate surface area is 88.3 Å². The first-order valence-corrected chi connectivity index (χ1v) is 4.64. The first kappa shape index (κ1) is 11.0. The third-order valence-corrected chi connectivity index (χ3v) is 2.24. The van der Waals surface area contributed by atoms with Gasteiger partial charge in [-0.15, -0.1) is 6.42 Å². The Morgan fingerprint density at radius 1 is 1.64 bits per heavy atom. The van der Waals surface area contributed by atoms with Gasteiger partial charge in [0.2, 0.25) is 0 Å². The molecule has 74 valence electrons. The summed E-state index contributed by atoms with van der Waals surface area (Å²) in [5, 5.41) is 3.21. The summed E-state index contributed by atoms with van der Waals surface area (Å²) in [6, 6.07) is 4.72. The highest BCUT2D eigenvalue weighted by atomic mass is 35.5. The van der Waals surface area contributed by atoms with Crippen molar-refractivity contribution in [1.29, 1.82) is 0 Å². The van der Waals surface area contributed by atoms with Crippen LogP contribution in [0.5, 0.6) is 0 Å². The summed E-state index contributed by atoms with van der Waals surface area (Å²) in [6.07, 6.45) is 5.11. The van der Waals surface area contributed by atoms with E-state index >= 15 is 0 Å². The first-order valence-electron chi connectivity index (χ1n) is 4.27. The van der Waals surface area contributed by atoms with Gasteiger partial charge in [0, 0.05) is 6.04 Å². The molecular formula is C11H11ClFN. The molecule has 1 rings (SSSR count). The molecule has 0 aliphatic carbocycles. The van der Waals surface area contributed by atoms with Gasteiger partial charge in [-0.3, -0.25) is 5.32 Å². The maximum Gasteiger partial charge on any atom is 0.141 e. The van der Waals surface area contributed by atoms with E-state index in [-0.39, 0.29) is 11.1 Å². The molecule has 3 heteroatoms. The molecule has 14 heavy (non-hydrogen) atoms.